The van der Waals surface area contributed by atoms with Crippen LogP contribution in [0.3, 0.4) is 0 Å². The molecule has 0 aliphatic carbocycles. The number of benzene rings is 1. The zero-order valence-corrected chi connectivity index (χ0v) is 11.3. The number of amides is 2. The fourth-order valence-electron chi connectivity index (χ4n) is 1.66. The topological polar surface area (TPSA) is 78.4 Å². The predicted octanol–water partition coefficient (Wildman–Crippen LogP) is 1.07. The molecule has 104 valence electrons. The Labute approximate surface area is 113 Å². The molecule has 0 aliphatic rings. The van der Waals surface area contributed by atoms with E-state index in [1.54, 1.807) is 12.1 Å². The summed E-state index contributed by atoms with van der Waals surface area (Å²) in [5, 5.41) is 14.0. The summed E-state index contributed by atoms with van der Waals surface area (Å²) in [4.78, 5) is 23.4. The number of rotatable bonds is 5. The predicted molar refractivity (Wildman–Crippen MR) is 73.8 cm³/mol. The molecule has 0 heterocycles. The normalized spacial score (nSPS) is 11.7. The molecule has 3 N–H and O–H groups in total. The molecular formula is C14H20N2O3. The van der Waals surface area contributed by atoms with Crippen molar-refractivity contribution in [3.63, 3.8) is 0 Å². The van der Waals surface area contributed by atoms with E-state index in [4.69, 9.17) is 5.11 Å². The van der Waals surface area contributed by atoms with Crippen LogP contribution in [0.2, 0.25) is 0 Å². The van der Waals surface area contributed by atoms with E-state index < -0.39 is 11.8 Å². The SMILES string of the molecule is CCc1ccccc1NC(=O)C(=O)NC(CC)CO. The Balaban J connectivity index is 2.66. The maximum absolute atomic E-state index is 11.7. The van der Waals surface area contributed by atoms with Crippen LogP contribution in [0.1, 0.15) is 25.8 Å². The number of aliphatic hydroxyl groups excluding tert-OH is 1. The second kappa shape index (κ2) is 7.53. The van der Waals surface area contributed by atoms with Gasteiger partial charge in [0, 0.05) is 5.69 Å². The first-order valence-corrected chi connectivity index (χ1v) is 6.42. The standard InChI is InChI=1S/C14H20N2O3/c1-3-10-7-5-6-8-12(10)16-14(19)13(18)15-11(4-2)9-17/h5-8,11,17H,3-4,9H2,1-2H3,(H,15,18)(H,16,19). The van der Waals surface area contributed by atoms with Gasteiger partial charge in [0.05, 0.1) is 12.6 Å². The molecule has 1 aromatic rings. The molecule has 2 amide bonds. The molecule has 5 heteroatoms. The van der Waals surface area contributed by atoms with Crippen LogP contribution in [0.15, 0.2) is 24.3 Å². The van der Waals surface area contributed by atoms with Gasteiger partial charge >= 0.3 is 11.8 Å². The van der Waals surface area contributed by atoms with E-state index >= 15 is 0 Å². The number of aliphatic hydroxyl groups is 1. The maximum atomic E-state index is 11.7. The highest BCUT2D eigenvalue weighted by molar-refractivity contribution is 6.39. The van der Waals surface area contributed by atoms with Gasteiger partial charge in [-0.25, -0.2) is 0 Å². The highest BCUT2D eigenvalue weighted by Gasteiger charge is 2.17. The van der Waals surface area contributed by atoms with Gasteiger partial charge in [-0.2, -0.15) is 0 Å². The van der Waals surface area contributed by atoms with Gasteiger partial charge in [0.1, 0.15) is 0 Å². The monoisotopic (exact) mass is 264 g/mol. The molecule has 1 unspecified atom stereocenters. The van der Waals surface area contributed by atoms with Crippen molar-refractivity contribution in [2.24, 2.45) is 0 Å². The lowest BCUT2D eigenvalue weighted by Crippen LogP contribution is -2.43. The van der Waals surface area contributed by atoms with Crippen molar-refractivity contribution in [2.45, 2.75) is 32.7 Å². The summed E-state index contributed by atoms with van der Waals surface area (Å²) in [6.07, 6.45) is 1.34. The fourth-order valence-corrected chi connectivity index (χ4v) is 1.66. The Kier molecular flexibility index (Phi) is 6.02. The number of hydrogen-bond donors (Lipinski definition) is 3. The average Bonchev–Trinajstić information content (AvgIpc) is 2.44. The first-order chi connectivity index (χ1) is 9.12. The summed E-state index contributed by atoms with van der Waals surface area (Å²) in [7, 11) is 0. The molecule has 1 aromatic carbocycles. The second-order valence-corrected chi connectivity index (χ2v) is 4.23. The lowest BCUT2D eigenvalue weighted by molar-refractivity contribution is -0.136. The number of anilines is 1. The minimum Gasteiger partial charge on any atom is -0.394 e. The van der Waals surface area contributed by atoms with Gasteiger partial charge in [-0.3, -0.25) is 9.59 Å². The first kappa shape index (κ1) is 15.2. The van der Waals surface area contributed by atoms with E-state index in [1.165, 1.54) is 0 Å². The first-order valence-electron chi connectivity index (χ1n) is 6.42. The van der Waals surface area contributed by atoms with Crippen molar-refractivity contribution in [2.75, 3.05) is 11.9 Å². The van der Waals surface area contributed by atoms with Gasteiger partial charge < -0.3 is 15.7 Å². The van der Waals surface area contributed by atoms with Gasteiger partial charge in [-0.1, -0.05) is 32.0 Å². The third-order valence-corrected chi connectivity index (χ3v) is 2.90. The van der Waals surface area contributed by atoms with Gasteiger partial charge in [0.25, 0.3) is 0 Å². The molecule has 0 saturated carbocycles. The van der Waals surface area contributed by atoms with E-state index in [0.717, 1.165) is 12.0 Å². The highest BCUT2D eigenvalue weighted by Crippen LogP contribution is 2.15. The smallest absolute Gasteiger partial charge is 0.313 e. The lowest BCUT2D eigenvalue weighted by atomic mass is 10.1. The van der Waals surface area contributed by atoms with Crippen molar-refractivity contribution in [1.29, 1.82) is 0 Å². The van der Waals surface area contributed by atoms with Crippen LogP contribution >= 0.6 is 0 Å². The fraction of sp³-hybridized carbons (Fsp3) is 0.429. The molecule has 0 aromatic heterocycles. The number of para-hydroxylation sites is 1. The minimum atomic E-state index is -0.730. The number of aryl methyl sites for hydroxylation is 1. The van der Waals surface area contributed by atoms with E-state index in [-0.39, 0.29) is 12.6 Å². The third kappa shape index (κ3) is 4.37. The number of carbonyl (C=O) groups excluding carboxylic acids is 2. The van der Waals surface area contributed by atoms with Crippen molar-refractivity contribution in [1.82, 2.24) is 5.32 Å². The van der Waals surface area contributed by atoms with E-state index in [2.05, 4.69) is 10.6 Å². The molecule has 1 atom stereocenters. The van der Waals surface area contributed by atoms with Crippen LogP contribution in [-0.4, -0.2) is 29.6 Å². The summed E-state index contributed by atoms with van der Waals surface area (Å²) in [5.74, 6) is -1.44. The van der Waals surface area contributed by atoms with E-state index in [0.29, 0.717) is 12.1 Å². The summed E-state index contributed by atoms with van der Waals surface area (Å²) >= 11 is 0. The Morgan fingerprint density at radius 1 is 1.21 bits per heavy atom. The third-order valence-electron chi connectivity index (χ3n) is 2.90. The Morgan fingerprint density at radius 3 is 2.47 bits per heavy atom. The van der Waals surface area contributed by atoms with Gasteiger partial charge in [-0.15, -0.1) is 0 Å². The van der Waals surface area contributed by atoms with Gasteiger partial charge in [-0.05, 0) is 24.5 Å². The van der Waals surface area contributed by atoms with Crippen molar-refractivity contribution < 1.29 is 14.7 Å². The molecule has 0 aliphatic heterocycles. The molecule has 0 spiro atoms. The summed E-state index contributed by atoms with van der Waals surface area (Å²) < 4.78 is 0. The lowest BCUT2D eigenvalue weighted by Gasteiger charge is -2.14. The summed E-state index contributed by atoms with van der Waals surface area (Å²) in [6, 6.07) is 6.95. The largest absolute Gasteiger partial charge is 0.394 e. The van der Waals surface area contributed by atoms with Gasteiger partial charge in [0.2, 0.25) is 0 Å². The van der Waals surface area contributed by atoms with Gasteiger partial charge in [0.15, 0.2) is 0 Å². The molecule has 5 nitrogen and oxygen atoms in total. The molecular weight excluding hydrogens is 244 g/mol. The number of hydrogen-bond acceptors (Lipinski definition) is 3. The maximum Gasteiger partial charge on any atom is 0.313 e. The Hall–Kier alpha value is -1.88. The van der Waals surface area contributed by atoms with Crippen LogP contribution in [-0.2, 0) is 16.0 Å². The molecule has 19 heavy (non-hydrogen) atoms. The van der Waals surface area contributed by atoms with Crippen LogP contribution in [0.5, 0.6) is 0 Å². The van der Waals surface area contributed by atoms with E-state index in [9.17, 15) is 9.59 Å². The minimum absolute atomic E-state index is 0.179. The van der Waals surface area contributed by atoms with Crippen LogP contribution in [0.4, 0.5) is 5.69 Å². The van der Waals surface area contributed by atoms with Crippen molar-refractivity contribution in [3.8, 4) is 0 Å². The van der Waals surface area contributed by atoms with Crippen LogP contribution in [0.25, 0.3) is 0 Å². The van der Waals surface area contributed by atoms with Crippen LogP contribution < -0.4 is 10.6 Å². The van der Waals surface area contributed by atoms with Crippen molar-refractivity contribution >= 4 is 17.5 Å². The molecule has 1 rings (SSSR count). The second-order valence-electron chi connectivity index (χ2n) is 4.23. The number of carbonyl (C=O) groups is 2. The van der Waals surface area contributed by atoms with Crippen molar-refractivity contribution in [3.05, 3.63) is 29.8 Å². The average molecular weight is 264 g/mol. The quantitative estimate of drug-likeness (QED) is 0.696. The molecule has 0 fully saturated rings. The Bertz CT molecular complexity index is 442. The Morgan fingerprint density at radius 2 is 1.89 bits per heavy atom. The van der Waals surface area contributed by atoms with E-state index in [1.807, 2.05) is 26.0 Å². The molecule has 0 bridgehead atoms. The van der Waals surface area contributed by atoms with Crippen LogP contribution in [0, 0.1) is 0 Å². The number of nitrogens with one attached hydrogen (secondary N) is 2. The summed E-state index contributed by atoms with van der Waals surface area (Å²) in [6.45, 7) is 3.62. The highest BCUT2D eigenvalue weighted by atomic mass is 16.3. The summed E-state index contributed by atoms with van der Waals surface area (Å²) in [5.41, 5.74) is 1.61. The zero-order chi connectivity index (χ0) is 14.3. The molecule has 0 saturated heterocycles. The zero-order valence-electron chi connectivity index (χ0n) is 11.3. The molecule has 0 radical (unpaired) electrons.